The maximum Gasteiger partial charge on any atom is 0.194 e. The molecule has 0 fully saturated rings. The predicted octanol–water partition coefficient (Wildman–Crippen LogP) is -0.0786. The zero-order valence-corrected chi connectivity index (χ0v) is 9.01. The van der Waals surface area contributed by atoms with Gasteiger partial charge in [-0.05, 0) is 18.9 Å². The van der Waals surface area contributed by atoms with Crippen molar-refractivity contribution in [1.29, 1.82) is 0 Å². The summed E-state index contributed by atoms with van der Waals surface area (Å²) in [6.45, 7) is 0.690. The van der Waals surface area contributed by atoms with Gasteiger partial charge in [0.05, 0.1) is 0 Å². The molecule has 1 unspecified atom stereocenters. The van der Waals surface area contributed by atoms with E-state index in [1.54, 1.807) is 19.4 Å². The van der Waals surface area contributed by atoms with Crippen LogP contribution < -0.4 is 16.8 Å². The zero-order chi connectivity index (χ0) is 9.73. The summed E-state index contributed by atoms with van der Waals surface area (Å²) in [5.41, 5.74) is 10.8. The van der Waals surface area contributed by atoms with E-state index in [9.17, 15) is 0 Å². The molecule has 6 heteroatoms. The fourth-order valence-electron chi connectivity index (χ4n) is 1.20. The molecule has 14 heavy (non-hydrogen) atoms. The fraction of sp³-hybridized carbons (Fsp3) is 0.625. The first-order valence-corrected chi connectivity index (χ1v) is 4.24. The summed E-state index contributed by atoms with van der Waals surface area (Å²) in [4.78, 5) is 4.10. The Kier molecular flexibility index (Phi) is 5.52. The second-order valence-corrected chi connectivity index (χ2v) is 3.06. The van der Waals surface area contributed by atoms with Gasteiger partial charge in [0.1, 0.15) is 5.66 Å². The van der Waals surface area contributed by atoms with Gasteiger partial charge in [0.2, 0.25) is 0 Å². The Labute approximate surface area is 90.0 Å². The molecule has 0 radical (unpaired) electrons. The second-order valence-electron chi connectivity index (χ2n) is 3.06. The van der Waals surface area contributed by atoms with Crippen LogP contribution in [0.4, 0.5) is 0 Å². The van der Waals surface area contributed by atoms with E-state index in [-0.39, 0.29) is 12.4 Å². The van der Waals surface area contributed by atoms with Crippen molar-refractivity contribution in [3.05, 3.63) is 12.3 Å². The van der Waals surface area contributed by atoms with E-state index in [2.05, 4.69) is 10.3 Å². The first-order valence-electron chi connectivity index (χ1n) is 4.24. The fourth-order valence-corrected chi connectivity index (χ4v) is 1.20. The third-order valence-electron chi connectivity index (χ3n) is 1.86. The number of ether oxygens (including phenoxy) is 1. The average molecular weight is 221 g/mol. The number of aliphatic imine (C=N–C) groups is 1. The molecule has 0 spiro atoms. The van der Waals surface area contributed by atoms with Gasteiger partial charge in [0.25, 0.3) is 0 Å². The number of nitrogens with two attached hydrogens (primary N) is 2. The molecule has 1 aliphatic rings. The summed E-state index contributed by atoms with van der Waals surface area (Å²) in [5.74, 6) is 0.363. The Hall–Kier alpha value is -0.780. The molecular weight excluding hydrogens is 204 g/mol. The van der Waals surface area contributed by atoms with Crippen LogP contribution in [-0.2, 0) is 4.74 Å². The SMILES string of the molecule is COCCCC1(N)C=CNC(N)=N1.Cl. The molecule has 0 aromatic rings. The third kappa shape index (κ3) is 3.95. The molecule has 1 aliphatic heterocycles. The van der Waals surface area contributed by atoms with Gasteiger partial charge in [0, 0.05) is 19.9 Å². The van der Waals surface area contributed by atoms with E-state index in [1.165, 1.54) is 0 Å². The minimum atomic E-state index is -0.659. The predicted molar refractivity (Wildman–Crippen MR) is 59.2 cm³/mol. The maximum absolute atomic E-state index is 5.94. The molecule has 1 rings (SSSR count). The Morgan fingerprint density at radius 1 is 1.64 bits per heavy atom. The summed E-state index contributed by atoms with van der Waals surface area (Å²) < 4.78 is 4.93. The summed E-state index contributed by atoms with van der Waals surface area (Å²) in [7, 11) is 1.67. The summed E-state index contributed by atoms with van der Waals surface area (Å²) >= 11 is 0. The number of hydrogen-bond acceptors (Lipinski definition) is 5. The van der Waals surface area contributed by atoms with Crippen molar-refractivity contribution in [3.63, 3.8) is 0 Å². The largest absolute Gasteiger partial charge is 0.385 e. The van der Waals surface area contributed by atoms with E-state index < -0.39 is 5.66 Å². The van der Waals surface area contributed by atoms with Gasteiger partial charge in [-0.15, -0.1) is 12.4 Å². The van der Waals surface area contributed by atoms with Gasteiger partial charge < -0.3 is 21.5 Å². The van der Waals surface area contributed by atoms with E-state index in [0.717, 1.165) is 12.8 Å². The quantitative estimate of drug-likeness (QED) is 0.579. The number of halogens is 1. The number of nitrogens with zero attached hydrogens (tertiary/aromatic N) is 1. The second kappa shape index (κ2) is 5.85. The van der Waals surface area contributed by atoms with Crippen LogP contribution in [0.25, 0.3) is 0 Å². The first kappa shape index (κ1) is 13.2. The molecule has 0 aromatic carbocycles. The van der Waals surface area contributed by atoms with Crippen LogP contribution in [0.3, 0.4) is 0 Å². The van der Waals surface area contributed by atoms with E-state index in [1.807, 2.05) is 0 Å². The van der Waals surface area contributed by atoms with Crippen molar-refractivity contribution >= 4 is 18.4 Å². The molecule has 1 atom stereocenters. The van der Waals surface area contributed by atoms with Crippen molar-refractivity contribution in [2.45, 2.75) is 18.5 Å². The van der Waals surface area contributed by atoms with Crippen molar-refractivity contribution in [3.8, 4) is 0 Å². The Bertz CT molecular complexity index is 231. The minimum Gasteiger partial charge on any atom is -0.385 e. The smallest absolute Gasteiger partial charge is 0.194 e. The number of guanidine groups is 1. The number of rotatable bonds is 4. The summed E-state index contributed by atoms with van der Waals surface area (Å²) in [5, 5.41) is 2.76. The number of hydrogen-bond donors (Lipinski definition) is 3. The van der Waals surface area contributed by atoms with Crippen LogP contribution in [0.5, 0.6) is 0 Å². The van der Waals surface area contributed by atoms with Crippen LogP contribution in [0, 0.1) is 0 Å². The Morgan fingerprint density at radius 2 is 2.36 bits per heavy atom. The average Bonchev–Trinajstić information content (AvgIpc) is 2.04. The lowest BCUT2D eigenvalue weighted by atomic mass is 10.1. The van der Waals surface area contributed by atoms with Crippen LogP contribution >= 0.6 is 12.4 Å². The standard InChI is InChI=1S/C8H16N4O.ClH/c1-13-6-2-3-8(10)4-5-11-7(9)12-8;/h4-5H,2-3,6,10H2,1H3,(H3,9,11,12);1H. The van der Waals surface area contributed by atoms with Gasteiger partial charge in [-0.3, -0.25) is 0 Å². The van der Waals surface area contributed by atoms with Gasteiger partial charge in [-0.2, -0.15) is 0 Å². The molecule has 0 aliphatic carbocycles. The molecule has 5 nitrogen and oxygen atoms in total. The first-order chi connectivity index (χ1) is 6.16. The molecular formula is C8H17ClN4O. The highest BCUT2D eigenvalue weighted by molar-refractivity contribution is 5.85. The zero-order valence-electron chi connectivity index (χ0n) is 8.19. The van der Waals surface area contributed by atoms with E-state index in [4.69, 9.17) is 16.2 Å². The van der Waals surface area contributed by atoms with Crippen LogP contribution in [0.2, 0.25) is 0 Å². The molecule has 0 aromatic heterocycles. The third-order valence-corrected chi connectivity index (χ3v) is 1.86. The molecule has 0 saturated carbocycles. The highest BCUT2D eigenvalue weighted by atomic mass is 35.5. The Morgan fingerprint density at radius 3 is 2.93 bits per heavy atom. The minimum absolute atomic E-state index is 0. The molecule has 0 saturated heterocycles. The Balaban J connectivity index is 0.00000169. The van der Waals surface area contributed by atoms with E-state index in [0.29, 0.717) is 12.6 Å². The van der Waals surface area contributed by atoms with Gasteiger partial charge in [-0.1, -0.05) is 0 Å². The lowest BCUT2D eigenvalue weighted by Gasteiger charge is -2.24. The van der Waals surface area contributed by atoms with Crippen LogP contribution in [0.15, 0.2) is 17.3 Å². The molecule has 0 bridgehead atoms. The van der Waals surface area contributed by atoms with Crippen molar-refractivity contribution < 1.29 is 4.74 Å². The van der Waals surface area contributed by atoms with Crippen LogP contribution in [-0.4, -0.2) is 25.3 Å². The van der Waals surface area contributed by atoms with Crippen molar-refractivity contribution in [1.82, 2.24) is 5.32 Å². The lowest BCUT2D eigenvalue weighted by Crippen LogP contribution is -2.44. The highest BCUT2D eigenvalue weighted by Crippen LogP contribution is 2.14. The summed E-state index contributed by atoms with van der Waals surface area (Å²) in [6.07, 6.45) is 5.13. The summed E-state index contributed by atoms with van der Waals surface area (Å²) in [6, 6.07) is 0. The maximum atomic E-state index is 5.94. The molecule has 5 N–H and O–H groups in total. The normalized spacial score (nSPS) is 24.9. The van der Waals surface area contributed by atoms with Crippen LogP contribution in [0.1, 0.15) is 12.8 Å². The monoisotopic (exact) mass is 220 g/mol. The van der Waals surface area contributed by atoms with Crippen molar-refractivity contribution in [2.75, 3.05) is 13.7 Å². The molecule has 0 amide bonds. The molecule has 1 heterocycles. The lowest BCUT2D eigenvalue weighted by molar-refractivity contribution is 0.187. The topological polar surface area (TPSA) is 85.7 Å². The number of nitrogens with one attached hydrogen (secondary N) is 1. The van der Waals surface area contributed by atoms with E-state index >= 15 is 0 Å². The number of methoxy groups -OCH3 is 1. The van der Waals surface area contributed by atoms with Crippen molar-refractivity contribution in [2.24, 2.45) is 16.5 Å². The van der Waals surface area contributed by atoms with Gasteiger partial charge >= 0.3 is 0 Å². The highest BCUT2D eigenvalue weighted by Gasteiger charge is 2.22. The van der Waals surface area contributed by atoms with Gasteiger partial charge in [0.15, 0.2) is 5.96 Å². The molecule has 82 valence electrons. The van der Waals surface area contributed by atoms with Gasteiger partial charge in [-0.25, -0.2) is 4.99 Å².